The molecule has 0 aliphatic rings. The molecule has 1 heterocycles. The summed E-state index contributed by atoms with van der Waals surface area (Å²) in [6.45, 7) is 3.86. The first-order chi connectivity index (χ1) is 14.7. The molecule has 0 aliphatic carbocycles. The third-order valence-electron chi connectivity index (χ3n) is 4.28. The second kappa shape index (κ2) is 9.51. The molecule has 0 saturated carbocycles. The number of ether oxygens (including phenoxy) is 2. The molecule has 5 nitrogen and oxygen atoms in total. The standard InChI is InChI=1S/C23H21F3N2O3/c1-3-5-16-10-13-21(15(2)27-16)22(29)28-17-8-11-18(12-9-17)30-19-6-4-7-20(14-19)31-23(24,25)26/h4,6-14H,3,5H2,1-2H3,(H,28,29). The molecule has 0 atom stereocenters. The van der Waals surface area contributed by atoms with Crippen molar-refractivity contribution in [2.24, 2.45) is 0 Å². The lowest BCUT2D eigenvalue weighted by molar-refractivity contribution is -0.274. The first kappa shape index (κ1) is 22.1. The zero-order chi connectivity index (χ0) is 22.4. The maximum Gasteiger partial charge on any atom is 0.573 e. The number of halogens is 3. The van der Waals surface area contributed by atoms with Crippen LogP contribution in [0.5, 0.6) is 17.2 Å². The monoisotopic (exact) mass is 430 g/mol. The predicted molar refractivity (Wildman–Crippen MR) is 111 cm³/mol. The van der Waals surface area contributed by atoms with Gasteiger partial charge >= 0.3 is 6.36 Å². The average molecular weight is 430 g/mol. The number of benzene rings is 2. The number of hydrogen-bond acceptors (Lipinski definition) is 4. The van der Waals surface area contributed by atoms with Gasteiger partial charge in [0.1, 0.15) is 17.2 Å². The number of nitrogens with zero attached hydrogens (tertiary/aromatic N) is 1. The van der Waals surface area contributed by atoms with Crippen LogP contribution in [0.15, 0.2) is 60.7 Å². The highest BCUT2D eigenvalue weighted by molar-refractivity contribution is 6.05. The van der Waals surface area contributed by atoms with Crippen LogP contribution in [-0.4, -0.2) is 17.3 Å². The number of amides is 1. The van der Waals surface area contributed by atoms with Gasteiger partial charge in [-0.15, -0.1) is 13.2 Å². The van der Waals surface area contributed by atoms with Gasteiger partial charge < -0.3 is 14.8 Å². The molecule has 2 aromatic carbocycles. The molecule has 0 radical (unpaired) electrons. The van der Waals surface area contributed by atoms with Gasteiger partial charge in [0.2, 0.25) is 0 Å². The number of pyridine rings is 1. The van der Waals surface area contributed by atoms with Crippen molar-refractivity contribution in [3.63, 3.8) is 0 Å². The topological polar surface area (TPSA) is 60.5 Å². The first-order valence-electron chi connectivity index (χ1n) is 9.65. The maximum atomic E-state index is 12.5. The van der Waals surface area contributed by atoms with Crippen molar-refractivity contribution in [3.05, 3.63) is 77.6 Å². The summed E-state index contributed by atoms with van der Waals surface area (Å²) in [6, 6.07) is 15.3. The van der Waals surface area contributed by atoms with Crippen LogP contribution in [-0.2, 0) is 6.42 Å². The third-order valence-corrected chi connectivity index (χ3v) is 4.28. The van der Waals surface area contributed by atoms with Crippen molar-refractivity contribution >= 4 is 11.6 Å². The van der Waals surface area contributed by atoms with E-state index in [1.165, 1.54) is 18.2 Å². The van der Waals surface area contributed by atoms with Crippen LogP contribution in [0.25, 0.3) is 0 Å². The predicted octanol–water partition coefficient (Wildman–Crippen LogP) is 6.29. The van der Waals surface area contributed by atoms with Crippen LogP contribution in [0.3, 0.4) is 0 Å². The van der Waals surface area contributed by atoms with Gasteiger partial charge in [0.15, 0.2) is 0 Å². The number of rotatable bonds is 7. The number of anilines is 1. The minimum absolute atomic E-state index is 0.187. The summed E-state index contributed by atoms with van der Waals surface area (Å²) in [6.07, 6.45) is -2.94. The number of aromatic nitrogens is 1. The summed E-state index contributed by atoms with van der Waals surface area (Å²) in [7, 11) is 0. The van der Waals surface area contributed by atoms with Gasteiger partial charge in [-0.2, -0.15) is 0 Å². The van der Waals surface area contributed by atoms with Gasteiger partial charge in [-0.25, -0.2) is 0 Å². The lowest BCUT2D eigenvalue weighted by Crippen LogP contribution is -2.17. The van der Waals surface area contributed by atoms with Crippen molar-refractivity contribution in [1.29, 1.82) is 0 Å². The number of aryl methyl sites for hydroxylation is 2. The van der Waals surface area contributed by atoms with Crippen molar-refractivity contribution in [2.45, 2.75) is 33.1 Å². The van der Waals surface area contributed by atoms with E-state index in [2.05, 4.69) is 22.0 Å². The normalized spacial score (nSPS) is 11.1. The minimum Gasteiger partial charge on any atom is -0.457 e. The second-order valence-corrected chi connectivity index (χ2v) is 6.79. The van der Waals surface area contributed by atoms with Gasteiger partial charge in [0.25, 0.3) is 5.91 Å². The molecule has 8 heteroatoms. The van der Waals surface area contributed by atoms with Crippen molar-refractivity contribution in [2.75, 3.05) is 5.32 Å². The minimum atomic E-state index is -4.78. The lowest BCUT2D eigenvalue weighted by Gasteiger charge is -2.12. The van der Waals surface area contributed by atoms with E-state index in [-0.39, 0.29) is 17.4 Å². The van der Waals surface area contributed by atoms with E-state index >= 15 is 0 Å². The molecule has 31 heavy (non-hydrogen) atoms. The summed E-state index contributed by atoms with van der Waals surface area (Å²) in [5.41, 5.74) is 2.64. The summed E-state index contributed by atoms with van der Waals surface area (Å²) in [5, 5.41) is 2.80. The highest BCUT2D eigenvalue weighted by Gasteiger charge is 2.31. The van der Waals surface area contributed by atoms with Crippen molar-refractivity contribution in [3.8, 4) is 17.2 Å². The number of carbonyl (C=O) groups is 1. The first-order valence-corrected chi connectivity index (χ1v) is 9.65. The molecule has 0 unspecified atom stereocenters. The fourth-order valence-electron chi connectivity index (χ4n) is 2.92. The Balaban J connectivity index is 1.64. The van der Waals surface area contributed by atoms with Crippen LogP contribution in [0.4, 0.5) is 18.9 Å². The highest BCUT2D eigenvalue weighted by atomic mass is 19.4. The van der Waals surface area contributed by atoms with Gasteiger partial charge in [0.05, 0.1) is 11.3 Å². The van der Waals surface area contributed by atoms with E-state index < -0.39 is 6.36 Å². The molecule has 0 bridgehead atoms. The fourth-order valence-corrected chi connectivity index (χ4v) is 2.92. The van der Waals surface area contributed by atoms with E-state index in [4.69, 9.17) is 4.74 Å². The molecule has 3 rings (SSSR count). The Kier molecular flexibility index (Phi) is 6.79. The number of carbonyl (C=O) groups excluding carboxylic acids is 1. The highest BCUT2D eigenvalue weighted by Crippen LogP contribution is 2.29. The Bertz CT molecular complexity index is 1050. The molecule has 0 saturated heterocycles. The van der Waals surface area contributed by atoms with E-state index in [0.717, 1.165) is 24.6 Å². The molecule has 3 aromatic rings. The zero-order valence-corrected chi connectivity index (χ0v) is 17.0. The third kappa shape index (κ3) is 6.47. The summed E-state index contributed by atoms with van der Waals surface area (Å²) in [5.74, 6) is -0.0714. The molecule has 1 aromatic heterocycles. The van der Waals surface area contributed by atoms with E-state index in [0.29, 0.717) is 22.7 Å². The van der Waals surface area contributed by atoms with E-state index in [1.807, 2.05) is 6.07 Å². The Hall–Kier alpha value is -3.55. The largest absolute Gasteiger partial charge is 0.573 e. The molecular weight excluding hydrogens is 409 g/mol. The summed E-state index contributed by atoms with van der Waals surface area (Å²) >= 11 is 0. The van der Waals surface area contributed by atoms with Crippen LogP contribution in [0.1, 0.15) is 35.1 Å². The molecule has 162 valence electrons. The summed E-state index contributed by atoms with van der Waals surface area (Å²) in [4.78, 5) is 17.0. The number of nitrogens with one attached hydrogen (secondary N) is 1. The van der Waals surface area contributed by atoms with Gasteiger partial charge in [-0.1, -0.05) is 19.4 Å². The Morgan fingerprint density at radius 3 is 2.35 bits per heavy atom. The second-order valence-electron chi connectivity index (χ2n) is 6.79. The number of hydrogen-bond donors (Lipinski definition) is 1. The maximum absolute atomic E-state index is 12.5. The van der Waals surface area contributed by atoms with Crippen LogP contribution in [0.2, 0.25) is 0 Å². The van der Waals surface area contributed by atoms with Gasteiger partial charge in [-0.3, -0.25) is 9.78 Å². The van der Waals surface area contributed by atoms with Crippen molar-refractivity contribution < 1.29 is 27.4 Å². The Morgan fingerprint density at radius 2 is 1.71 bits per heavy atom. The summed E-state index contributed by atoms with van der Waals surface area (Å²) < 4.78 is 46.5. The van der Waals surface area contributed by atoms with E-state index in [9.17, 15) is 18.0 Å². The Morgan fingerprint density at radius 1 is 1.00 bits per heavy atom. The van der Waals surface area contributed by atoms with Crippen LogP contribution in [0, 0.1) is 6.92 Å². The molecule has 1 N–H and O–H groups in total. The van der Waals surface area contributed by atoms with Gasteiger partial charge in [-0.05, 0) is 61.9 Å². The Labute approximate surface area is 177 Å². The SMILES string of the molecule is CCCc1ccc(C(=O)Nc2ccc(Oc3cccc(OC(F)(F)F)c3)cc2)c(C)n1. The molecular formula is C23H21F3N2O3. The smallest absolute Gasteiger partial charge is 0.457 e. The zero-order valence-electron chi connectivity index (χ0n) is 17.0. The van der Waals surface area contributed by atoms with Crippen LogP contribution < -0.4 is 14.8 Å². The van der Waals surface area contributed by atoms with Crippen LogP contribution >= 0.6 is 0 Å². The molecule has 1 amide bonds. The lowest BCUT2D eigenvalue weighted by atomic mass is 10.1. The quantitative estimate of drug-likeness (QED) is 0.479. The average Bonchev–Trinajstić information content (AvgIpc) is 2.69. The van der Waals surface area contributed by atoms with E-state index in [1.54, 1.807) is 37.3 Å². The molecule has 0 spiro atoms. The number of alkyl halides is 3. The molecule has 0 aliphatic heterocycles. The van der Waals surface area contributed by atoms with Crippen molar-refractivity contribution in [1.82, 2.24) is 4.98 Å². The fraction of sp³-hybridized carbons (Fsp3) is 0.217. The molecule has 0 fully saturated rings. The van der Waals surface area contributed by atoms with Gasteiger partial charge in [0, 0.05) is 17.4 Å².